The highest BCUT2D eigenvalue weighted by Crippen LogP contribution is 2.18. The summed E-state index contributed by atoms with van der Waals surface area (Å²) in [5.74, 6) is -1.27. The van der Waals surface area contributed by atoms with Gasteiger partial charge in [-0.1, -0.05) is 32.0 Å². The number of carboxylic acid groups (broad SMARTS) is 1. The number of rotatable bonds is 4. The zero-order valence-electron chi connectivity index (χ0n) is 10.8. The average Bonchev–Trinajstić information content (AvgIpc) is 2.76. The molecule has 0 unspecified atom stereocenters. The van der Waals surface area contributed by atoms with Crippen molar-refractivity contribution in [2.24, 2.45) is 0 Å². The standard InChI is InChI=1S/C14H15FN2O2/c1-9(2)13-7-12(14(18)19)16-17(13)8-10-5-3-4-6-11(10)15/h3-7,9H,8H2,1-2H3,(H,18,19). The number of hydrogen-bond acceptors (Lipinski definition) is 2. The molecule has 0 saturated carbocycles. The number of halogens is 1. The maximum Gasteiger partial charge on any atom is 0.356 e. The van der Waals surface area contributed by atoms with Crippen LogP contribution in [0, 0.1) is 5.82 Å². The Labute approximate surface area is 110 Å². The molecule has 0 atom stereocenters. The maximum absolute atomic E-state index is 13.6. The Hall–Kier alpha value is -2.17. The number of carboxylic acids is 1. The first kappa shape index (κ1) is 13.3. The Morgan fingerprint density at radius 1 is 1.42 bits per heavy atom. The van der Waals surface area contributed by atoms with Gasteiger partial charge in [-0.15, -0.1) is 0 Å². The van der Waals surface area contributed by atoms with E-state index in [9.17, 15) is 9.18 Å². The summed E-state index contributed by atoms with van der Waals surface area (Å²) >= 11 is 0. The fourth-order valence-corrected chi connectivity index (χ4v) is 1.92. The van der Waals surface area contributed by atoms with Gasteiger partial charge >= 0.3 is 5.97 Å². The highest BCUT2D eigenvalue weighted by Gasteiger charge is 2.16. The van der Waals surface area contributed by atoms with Gasteiger partial charge in [0, 0.05) is 11.3 Å². The van der Waals surface area contributed by atoms with Gasteiger partial charge in [0.25, 0.3) is 0 Å². The molecule has 0 aliphatic rings. The summed E-state index contributed by atoms with van der Waals surface area (Å²) in [6.45, 7) is 4.12. The number of benzene rings is 1. The SMILES string of the molecule is CC(C)c1cc(C(=O)O)nn1Cc1ccccc1F. The van der Waals surface area contributed by atoms with Gasteiger partial charge in [0.2, 0.25) is 0 Å². The van der Waals surface area contributed by atoms with Crippen molar-refractivity contribution < 1.29 is 14.3 Å². The van der Waals surface area contributed by atoms with E-state index in [0.717, 1.165) is 5.69 Å². The van der Waals surface area contributed by atoms with Crippen molar-refractivity contribution in [3.05, 3.63) is 53.1 Å². The van der Waals surface area contributed by atoms with Crippen molar-refractivity contribution in [2.45, 2.75) is 26.3 Å². The van der Waals surface area contributed by atoms with E-state index >= 15 is 0 Å². The molecule has 2 aromatic rings. The summed E-state index contributed by atoms with van der Waals surface area (Å²) in [5, 5.41) is 13.0. The predicted molar refractivity (Wildman–Crippen MR) is 68.8 cm³/mol. The van der Waals surface area contributed by atoms with Gasteiger partial charge in [-0.05, 0) is 18.1 Å². The van der Waals surface area contributed by atoms with Gasteiger partial charge in [-0.2, -0.15) is 5.10 Å². The van der Waals surface area contributed by atoms with Crippen molar-refractivity contribution in [1.29, 1.82) is 0 Å². The molecule has 0 amide bonds. The molecular weight excluding hydrogens is 247 g/mol. The van der Waals surface area contributed by atoms with E-state index in [1.807, 2.05) is 13.8 Å². The Morgan fingerprint density at radius 3 is 2.68 bits per heavy atom. The number of aromatic nitrogens is 2. The van der Waals surface area contributed by atoms with Gasteiger partial charge < -0.3 is 5.11 Å². The molecule has 5 heteroatoms. The molecule has 0 radical (unpaired) electrons. The Bertz CT molecular complexity index is 605. The van der Waals surface area contributed by atoms with Crippen LogP contribution in [0.25, 0.3) is 0 Å². The lowest BCUT2D eigenvalue weighted by molar-refractivity contribution is 0.0689. The lowest BCUT2D eigenvalue weighted by Crippen LogP contribution is -2.09. The molecule has 1 heterocycles. The summed E-state index contributed by atoms with van der Waals surface area (Å²) in [6.07, 6.45) is 0. The third kappa shape index (κ3) is 2.81. The van der Waals surface area contributed by atoms with Gasteiger partial charge in [-0.25, -0.2) is 9.18 Å². The minimum atomic E-state index is -1.07. The van der Waals surface area contributed by atoms with Crippen LogP contribution in [0.15, 0.2) is 30.3 Å². The van der Waals surface area contributed by atoms with Crippen LogP contribution >= 0.6 is 0 Å². The molecule has 100 valence electrons. The van der Waals surface area contributed by atoms with Crippen LogP contribution in [-0.4, -0.2) is 20.9 Å². The van der Waals surface area contributed by atoms with Crippen LogP contribution in [0.4, 0.5) is 4.39 Å². The van der Waals surface area contributed by atoms with Crippen LogP contribution in [0.1, 0.15) is 41.5 Å². The fraction of sp³-hybridized carbons (Fsp3) is 0.286. The predicted octanol–water partition coefficient (Wildman–Crippen LogP) is 2.89. The highest BCUT2D eigenvalue weighted by atomic mass is 19.1. The molecular formula is C14H15FN2O2. The largest absolute Gasteiger partial charge is 0.476 e. The van der Waals surface area contributed by atoms with Gasteiger partial charge in [0.1, 0.15) is 5.82 Å². The molecule has 0 bridgehead atoms. The summed E-state index contributed by atoms with van der Waals surface area (Å²) < 4.78 is 15.2. The van der Waals surface area contributed by atoms with Crippen molar-refractivity contribution in [3.63, 3.8) is 0 Å². The molecule has 1 aromatic heterocycles. The van der Waals surface area contributed by atoms with Crippen LogP contribution in [-0.2, 0) is 6.54 Å². The minimum absolute atomic E-state index is 0.0139. The van der Waals surface area contributed by atoms with E-state index in [2.05, 4.69) is 5.10 Å². The van der Waals surface area contributed by atoms with Crippen LogP contribution in [0.2, 0.25) is 0 Å². The lowest BCUT2D eigenvalue weighted by atomic mass is 10.1. The zero-order chi connectivity index (χ0) is 14.0. The molecule has 4 nitrogen and oxygen atoms in total. The summed E-state index contributed by atoms with van der Waals surface area (Å²) in [7, 11) is 0. The smallest absolute Gasteiger partial charge is 0.356 e. The molecule has 2 rings (SSSR count). The fourth-order valence-electron chi connectivity index (χ4n) is 1.92. The second-order valence-electron chi connectivity index (χ2n) is 4.66. The van der Waals surface area contributed by atoms with Crippen LogP contribution in [0.5, 0.6) is 0 Å². The average molecular weight is 262 g/mol. The van der Waals surface area contributed by atoms with E-state index < -0.39 is 5.97 Å². The molecule has 1 aromatic carbocycles. The first-order valence-corrected chi connectivity index (χ1v) is 6.03. The number of carbonyl (C=O) groups is 1. The zero-order valence-corrected chi connectivity index (χ0v) is 10.8. The third-order valence-corrected chi connectivity index (χ3v) is 2.90. The third-order valence-electron chi connectivity index (χ3n) is 2.90. The molecule has 0 saturated heterocycles. The van der Waals surface area contributed by atoms with Crippen LogP contribution in [0.3, 0.4) is 0 Å². The summed E-state index contributed by atoms with van der Waals surface area (Å²) in [6, 6.07) is 7.95. The molecule has 0 spiro atoms. The topological polar surface area (TPSA) is 55.1 Å². The second-order valence-corrected chi connectivity index (χ2v) is 4.66. The molecule has 0 aliphatic heterocycles. The lowest BCUT2D eigenvalue weighted by Gasteiger charge is -2.10. The number of nitrogens with zero attached hydrogens (tertiary/aromatic N) is 2. The van der Waals surface area contributed by atoms with Crippen molar-refractivity contribution in [3.8, 4) is 0 Å². The molecule has 0 aliphatic carbocycles. The van der Waals surface area contributed by atoms with Crippen LogP contribution < -0.4 is 0 Å². The monoisotopic (exact) mass is 262 g/mol. The van der Waals surface area contributed by atoms with Gasteiger partial charge in [-0.3, -0.25) is 4.68 Å². The summed E-state index contributed by atoms with van der Waals surface area (Å²) in [4.78, 5) is 11.0. The van der Waals surface area contributed by atoms with E-state index in [0.29, 0.717) is 5.56 Å². The first-order chi connectivity index (χ1) is 8.99. The van der Waals surface area contributed by atoms with E-state index in [4.69, 9.17) is 5.11 Å². The number of aromatic carboxylic acids is 1. The minimum Gasteiger partial charge on any atom is -0.476 e. The summed E-state index contributed by atoms with van der Waals surface area (Å²) in [5.41, 5.74) is 1.25. The normalized spacial score (nSPS) is 10.9. The van der Waals surface area contributed by atoms with Gasteiger partial charge in [0.15, 0.2) is 5.69 Å². The Kier molecular flexibility index (Phi) is 3.64. The Balaban J connectivity index is 2.39. The van der Waals surface area contributed by atoms with Crippen molar-refractivity contribution >= 4 is 5.97 Å². The first-order valence-electron chi connectivity index (χ1n) is 6.03. The van der Waals surface area contributed by atoms with Crippen molar-refractivity contribution in [2.75, 3.05) is 0 Å². The van der Waals surface area contributed by atoms with E-state index in [1.54, 1.807) is 22.9 Å². The van der Waals surface area contributed by atoms with E-state index in [-0.39, 0.29) is 24.0 Å². The van der Waals surface area contributed by atoms with Gasteiger partial charge in [0.05, 0.1) is 6.54 Å². The van der Waals surface area contributed by atoms with Crippen molar-refractivity contribution in [1.82, 2.24) is 9.78 Å². The number of hydrogen-bond donors (Lipinski definition) is 1. The van der Waals surface area contributed by atoms with E-state index in [1.165, 1.54) is 12.1 Å². The molecule has 0 fully saturated rings. The quantitative estimate of drug-likeness (QED) is 0.921. The Morgan fingerprint density at radius 2 is 2.11 bits per heavy atom. The highest BCUT2D eigenvalue weighted by molar-refractivity contribution is 5.85. The molecule has 19 heavy (non-hydrogen) atoms. The second kappa shape index (κ2) is 5.22. The molecule has 1 N–H and O–H groups in total. The maximum atomic E-state index is 13.6.